The number of hydroxylamine groups is 1. The van der Waals surface area contributed by atoms with Gasteiger partial charge in [0.15, 0.2) is 5.92 Å². The number of halogens is 3. The van der Waals surface area contributed by atoms with Gasteiger partial charge in [-0.05, 0) is 6.42 Å². The van der Waals surface area contributed by atoms with E-state index in [1.54, 1.807) is 6.92 Å². The molecule has 0 aromatic rings. The highest BCUT2D eigenvalue weighted by Crippen LogP contribution is 2.34. The Bertz CT molecular complexity index is 204. The third kappa shape index (κ3) is 2.12. The molecule has 1 N–H and O–H groups in total. The zero-order chi connectivity index (χ0) is 10.1. The lowest BCUT2D eigenvalue weighted by Gasteiger charge is -2.16. The van der Waals surface area contributed by atoms with Gasteiger partial charge in [0.25, 0.3) is 0 Å². The van der Waals surface area contributed by atoms with Crippen LogP contribution in [0.1, 0.15) is 19.8 Å². The monoisotopic (exact) mass is 197 g/mol. The SMILES string of the molecule is CCCC1NOC(=O)[C@@H]1C(F)(F)F. The summed E-state index contributed by atoms with van der Waals surface area (Å²) in [7, 11) is 0. The van der Waals surface area contributed by atoms with Gasteiger partial charge in [0, 0.05) is 0 Å². The summed E-state index contributed by atoms with van der Waals surface area (Å²) in [6.07, 6.45) is -3.67. The standard InChI is InChI=1S/C7H10F3NO2/c1-2-3-4-5(7(8,9)10)6(12)13-11-4/h4-5,11H,2-3H2,1H3/t4?,5-/m1/s1. The van der Waals surface area contributed by atoms with E-state index in [2.05, 4.69) is 10.3 Å². The van der Waals surface area contributed by atoms with Crippen molar-refractivity contribution in [3.05, 3.63) is 0 Å². The summed E-state index contributed by atoms with van der Waals surface area (Å²) in [6, 6.07) is -0.933. The van der Waals surface area contributed by atoms with Crippen LogP contribution in [0.5, 0.6) is 0 Å². The van der Waals surface area contributed by atoms with Crippen LogP contribution in [0.2, 0.25) is 0 Å². The summed E-state index contributed by atoms with van der Waals surface area (Å²) < 4.78 is 36.7. The molecule has 6 heteroatoms. The average molecular weight is 197 g/mol. The van der Waals surface area contributed by atoms with Crippen LogP contribution in [0.3, 0.4) is 0 Å². The molecule has 0 aromatic heterocycles. The molecule has 76 valence electrons. The molecule has 1 unspecified atom stereocenters. The van der Waals surface area contributed by atoms with Gasteiger partial charge in [-0.15, -0.1) is 5.48 Å². The number of rotatable bonds is 2. The minimum Gasteiger partial charge on any atom is -0.370 e. The maximum absolute atomic E-state index is 12.2. The molecule has 2 atom stereocenters. The van der Waals surface area contributed by atoms with E-state index in [0.29, 0.717) is 6.42 Å². The minimum absolute atomic E-state index is 0.274. The molecule has 0 radical (unpaired) electrons. The number of alkyl halides is 3. The molecular weight excluding hydrogens is 187 g/mol. The molecule has 0 bridgehead atoms. The first-order chi connectivity index (χ1) is 5.96. The van der Waals surface area contributed by atoms with E-state index in [4.69, 9.17) is 0 Å². The summed E-state index contributed by atoms with van der Waals surface area (Å²) in [6.45, 7) is 1.75. The van der Waals surface area contributed by atoms with E-state index in [1.807, 2.05) is 0 Å². The van der Waals surface area contributed by atoms with Gasteiger partial charge in [-0.2, -0.15) is 13.2 Å². The van der Waals surface area contributed by atoms with Crippen LogP contribution in [-0.4, -0.2) is 18.2 Å². The van der Waals surface area contributed by atoms with Crippen LogP contribution in [0.4, 0.5) is 13.2 Å². The van der Waals surface area contributed by atoms with Crippen LogP contribution < -0.4 is 5.48 Å². The molecule has 0 aromatic carbocycles. The molecule has 1 saturated heterocycles. The Morgan fingerprint density at radius 2 is 2.15 bits per heavy atom. The number of nitrogens with one attached hydrogen (secondary N) is 1. The van der Waals surface area contributed by atoms with Crippen molar-refractivity contribution in [2.45, 2.75) is 32.0 Å². The molecule has 1 aliphatic rings. The second-order valence-corrected chi connectivity index (χ2v) is 2.95. The lowest BCUT2D eigenvalue weighted by molar-refractivity contribution is -0.187. The van der Waals surface area contributed by atoms with E-state index in [-0.39, 0.29) is 6.42 Å². The summed E-state index contributed by atoms with van der Waals surface area (Å²) in [4.78, 5) is 14.8. The van der Waals surface area contributed by atoms with Crippen molar-refractivity contribution >= 4 is 5.97 Å². The predicted octanol–water partition coefficient (Wildman–Crippen LogP) is 1.39. The number of carbonyl (C=O) groups is 1. The van der Waals surface area contributed by atoms with Crippen molar-refractivity contribution in [2.24, 2.45) is 5.92 Å². The Labute approximate surface area is 73.2 Å². The van der Waals surface area contributed by atoms with Crippen molar-refractivity contribution in [3.63, 3.8) is 0 Å². The fourth-order valence-corrected chi connectivity index (χ4v) is 1.33. The van der Waals surface area contributed by atoms with Gasteiger partial charge in [-0.25, -0.2) is 4.79 Å². The molecule has 0 spiro atoms. The normalized spacial score (nSPS) is 29.1. The molecule has 1 rings (SSSR count). The summed E-state index contributed by atoms with van der Waals surface area (Å²) >= 11 is 0. The van der Waals surface area contributed by atoms with E-state index in [1.165, 1.54) is 0 Å². The lowest BCUT2D eigenvalue weighted by atomic mass is 9.97. The van der Waals surface area contributed by atoms with Gasteiger partial charge in [-0.1, -0.05) is 13.3 Å². The Kier molecular flexibility index (Phi) is 2.80. The summed E-state index contributed by atoms with van der Waals surface area (Å²) in [5.74, 6) is -3.24. The van der Waals surface area contributed by atoms with E-state index >= 15 is 0 Å². The second kappa shape index (κ2) is 3.53. The van der Waals surface area contributed by atoms with Gasteiger partial charge < -0.3 is 4.84 Å². The maximum Gasteiger partial charge on any atom is 0.403 e. The maximum atomic E-state index is 12.2. The third-order valence-electron chi connectivity index (χ3n) is 1.92. The molecule has 3 nitrogen and oxygen atoms in total. The van der Waals surface area contributed by atoms with Crippen molar-refractivity contribution in [1.29, 1.82) is 0 Å². The molecule has 1 heterocycles. The topological polar surface area (TPSA) is 38.3 Å². The third-order valence-corrected chi connectivity index (χ3v) is 1.92. The number of hydrogen-bond donors (Lipinski definition) is 1. The zero-order valence-corrected chi connectivity index (χ0v) is 7.02. The molecule has 0 saturated carbocycles. The van der Waals surface area contributed by atoms with Gasteiger partial charge in [0.2, 0.25) is 0 Å². The van der Waals surface area contributed by atoms with Crippen molar-refractivity contribution in [2.75, 3.05) is 0 Å². The highest BCUT2D eigenvalue weighted by atomic mass is 19.4. The van der Waals surface area contributed by atoms with Gasteiger partial charge in [0.05, 0.1) is 6.04 Å². The Morgan fingerprint density at radius 3 is 2.62 bits per heavy atom. The van der Waals surface area contributed by atoms with Crippen molar-refractivity contribution in [1.82, 2.24) is 5.48 Å². The number of carbonyl (C=O) groups excluding carboxylic acids is 1. The first-order valence-electron chi connectivity index (χ1n) is 3.99. The average Bonchev–Trinajstić information content (AvgIpc) is 2.31. The number of hydrogen-bond acceptors (Lipinski definition) is 3. The highest BCUT2D eigenvalue weighted by molar-refractivity contribution is 5.75. The van der Waals surface area contributed by atoms with Gasteiger partial charge in [-0.3, -0.25) is 0 Å². The summed E-state index contributed by atoms with van der Waals surface area (Å²) in [5, 5.41) is 0. The first kappa shape index (κ1) is 10.3. The van der Waals surface area contributed by atoms with E-state index < -0.39 is 24.1 Å². The first-order valence-corrected chi connectivity index (χ1v) is 3.99. The lowest BCUT2D eigenvalue weighted by Crippen LogP contribution is -2.37. The van der Waals surface area contributed by atoms with Crippen LogP contribution >= 0.6 is 0 Å². The Morgan fingerprint density at radius 1 is 1.54 bits per heavy atom. The van der Waals surface area contributed by atoms with Crippen LogP contribution in [0.25, 0.3) is 0 Å². The predicted molar refractivity (Wildman–Crippen MR) is 37.5 cm³/mol. The van der Waals surface area contributed by atoms with Gasteiger partial charge in [0.1, 0.15) is 0 Å². The van der Waals surface area contributed by atoms with Crippen molar-refractivity contribution < 1.29 is 22.8 Å². The zero-order valence-electron chi connectivity index (χ0n) is 7.02. The van der Waals surface area contributed by atoms with Crippen LogP contribution in [-0.2, 0) is 9.63 Å². The highest BCUT2D eigenvalue weighted by Gasteiger charge is 2.54. The van der Waals surface area contributed by atoms with E-state index in [0.717, 1.165) is 0 Å². The Balaban J connectivity index is 2.71. The molecule has 13 heavy (non-hydrogen) atoms. The van der Waals surface area contributed by atoms with Crippen LogP contribution in [0, 0.1) is 5.92 Å². The largest absolute Gasteiger partial charge is 0.403 e. The molecule has 0 amide bonds. The fraction of sp³-hybridized carbons (Fsp3) is 0.857. The summed E-state index contributed by atoms with van der Waals surface area (Å²) in [5.41, 5.74) is 2.09. The van der Waals surface area contributed by atoms with Crippen LogP contribution in [0.15, 0.2) is 0 Å². The van der Waals surface area contributed by atoms with Gasteiger partial charge >= 0.3 is 12.1 Å². The Hall–Kier alpha value is -0.780. The molecule has 1 fully saturated rings. The second-order valence-electron chi connectivity index (χ2n) is 2.95. The van der Waals surface area contributed by atoms with Crippen molar-refractivity contribution in [3.8, 4) is 0 Å². The van der Waals surface area contributed by atoms with E-state index in [9.17, 15) is 18.0 Å². The fourth-order valence-electron chi connectivity index (χ4n) is 1.33. The minimum atomic E-state index is -4.51. The molecule has 0 aliphatic carbocycles. The molecule has 1 aliphatic heterocycles. The smallest absolute Gasteiger partial charge is 0.370 e. The molecular formula is C7H10F3NO2. The quantitative estimate of drug-likeness (QED) is 0.727.